The number of hydrogen-bond acceptors (Lipinski definition) is 5. The number of thiophene rings is 1. The molecule has 0 aliphatic heterocycles. The minimum Gasteiger partial charge on any atom is -0.369 e. The number of carbonyl (C=O) groups is 1. The Morgan fingerprint density at radius 2 is 2.30 bits per heavy atom. The van der Waals surface area contributed by atoms with Gasteiger partial charge in [0.25, 0.3) is 0 Å². The van der Waals surface area contributed by atoms with Crippen molar-refractivity contribution >= 4 is 28.6 Å². The van der Waals surface area contributed by atoms with Crippen LogP contribution in [0.1, 0.15) is 25.5 Å². The van der Waals surface area contributed by atoms with Crippen LogP contribution in [0.3, 0.4) is 0 Å². The van der Waals surface area contributed by atoms with Crippen molar-refractivity contribution in [1.82, 2.24) is 9.88 Å². The molecule has 108 valence electrons. The second-order valence-electron chi connectivity index (χ2n) is 4.65. The van der Waals surface area contributed by atoms with Gasteiger partial charge in [-0.05, 0) is 24.4 Å². The van der Waals surface area contributed by atoms with E-state index in [0.717, 1.165) is 30.1 Å². The summed E-state index contributed by atoms with van der Waals surface area (Å²) in [5.74, 6) is -0.283. The van der Waals surface area contributed by atoms with Gasteiger partial charge in [0.1, 0.15) is 5.01 Å². The van der Waals surface area contributed by atoms with Gasteiger partial charge in [-0.15, -0.1) is 22.7 Å². The van der Waals surface area contributed by atoms with E-state index < -0.39 is 0 Å². The Morgan fingerprint density at radius 3 is 2.95 bits per heavy atom. The predicted octanol–water partition coefficient (Wildman–Crippen LogP) is 2.96. The minimum atomic E-state index is -0.283. The lowest BCUT2D eigenvalue weighted by atomic mass is 10.3. The lowest BCUT2D eigenvalue weighted by Crippen LogP contribution is -2.34. The number of nitrogens with zero attached hydrogens (tertiary/aromatic N) is 2. The van der Waals surface area contributed by atoms with Crippen molar-refractivity contribution in [2.45, 2.75) is 26.3 Å². The summed E-state index contributed by atoms with van der Waals surface area (Å²) in [7, 11) is 0. The first kappa shape index (κ1) is 15.2. The predicted molar refractivity (Wildman–Crippen MR) is 84.8 cm³/mol. The van der Waals surface area contributed by atoms with Crippen LogP contribution < -0.4 is 5.73 Å². The Balaban J connectivity index is 2.00. The Labute approximate surface area is 127 Å². The summed E-state index contributed by atoms with van der Waals surface area (Å²) < 4.78 is 0. The summed E-state index contributed by atoms with van der Waals surface area (Å²) in [6.45, 7) is 4.00. The van der Waals surface area contributed by atoms with Crippen LogP contribution >= 0.6 is 22.7 Å². The maximum Gasteiger partial charge on any atom is 0.231 e. The first-order chi connectivity index (χ1) is 9.69. The lowest BCUT2D eigenvalue weighted by molar-refractivity contribution is -0.119. The second-order valence-corrected chi connectivity index (χ2v) is 6.46. The monoisotopic (exact) mass is 309 g/mol. The Kier molecular flexibility index (Phi) is 5.70. The number of thiazole rings is 1. The molecule has 2 aromatic rings. The molecular weight excluding hydrogens is 290 g/mol. The third-order valence-electron chi connectivity index (χ3n) is 2.88. The number of hydrogen-bond donors (Lipinski definition) is 1. The van der Waals surface area contributed by atoms with Crippen molar-refractivity contribution in [3.63, 3.8) is 0 Å². The average molecular weight is 309 g/mol. The molecule has 2 rings (SSSR count). The van der Waals surface area contributed by atoms with Gasteiger partial charge in [0.05, 0.1) is 17.1 Å². The van der Waals surface area contributed by atoms with Gasteiger partial charge >= 0.3 is 0 Å². The minimum absolute atomic E-state index is 0.283. The lowest BCUT2D eigenvalue weighted by Gasteiger charge is -2.19. The van der Waals surface area contributed by atoms with E-state index in [4.69, 9.17) is 5.73 Å². The van der Waals surface area contributed by atoms with E-state index in [1.54, 1.807) is 22.7 Å². The topological polar surface area (TPSA) is 59.2 Å². The Morgan fingerprint density at radius 1 is 1.45 bits per heavy atom. The van der Waals surface area contributed by atoms with Crippen molar-refractivity contribution in [2.24, 2.45) is 5.73 Å². The number of amides is 1. The third kappa shape index (κ3) is 4.40. The van der Waals surface area contributed by atoms with Crippen LogP contribution in [0.5, 0.6) is 0 Å². The van der Waals surface area contributed by atoms with Gasteiger partial charge in [-0.2, -0.15) is 0 Å². The van der Waals surface area contributed by atoms with E-state index in [9.17, 15) is 4.79 Å². The number of rotatable bonds is 8. The molecule has 1 amide bonds. The first-order valence-electron chi connectivity index (χ1n) is 6.68. The zero-order valence-electron chi connectivity index (χ0n) is 11.5. The third-order valence-corrected chi connectivity index (χ3v) is 4.81. The number of carbonyl (C=O) groups excluding carboxylic acids is 1. The van der Waals surface area contributed by atoms with Crippen LogP contribution in [0.15, 0.2) is 22.9 Å². The SMILES string of the molecule is CCCCN(CC(N)=O)Cc1csc(-c2cccs2)n1. The van der Waals surface area contributed by atoms with Crippen LogP contribution in [-0.4, -0.2) is 28.9 Å². The fourth-order valence-electron chi connectivity index (χ4n) is 1.94. The van der Waals surface area contributed by atoms with Crippen molar-refractivity contribution in [3.8, 4) is 9.88 Å². The molecule has 2 aromatic heterocycles. The molecule has 20 heavy (non-hydrogen) atoms. The van der Waals surface area contributed by atoms with Gasteiger partial charge < -0.3 is 5.73 Å². The first-order valence-corrected chi connectivity index (χ1v) is 8.44. The highest BCUT2D eigenvalue weighted by Crippen LogP contribution is 2.28. The van der Waals surface area contributed by atoms with Crippen molar-refractivity contribution in [1.29, 1.82) is 0 Å². The van der Waals surface area contributed by atoms with E-state index in [2.05, 4.69) is 33.6 Å². The van der Waals surface area contributed by atoms with E-state index in [0.29, 0.717) is 13.1 Å². The van der Waals surface area contributed by atoms with Gasteiger partial charge in [-0.3, -0.25) is 9.69 Å². The summed E-state index contributed by atoms with van der Waals surface area (Å²) in [5, 5.41) is 5.16. The molecular formula is C14H19N3OS2. The molecule has 4 nitrogen and oxygen atoms in total. The molecule has 0 fully saturated rings. The zero-order chi connectivity index (χ0) is 14.4. The van der Waals surface area contributed by atoms with Gasteiger partial charge in [-0.25, -0.2) is 4.98 Å². The summed E-state index contributed by atoms with van der Waals surface area (Å²) in [6, 6.07) is 4.10. The summed E-state index contributed by atoms with van der Waals surface area (Å²) in [6.07, 6.45) is 2.17. The molecule has 2 heterocycles. The number of primary amides is 1. The van der Waals surface area contributed by atoms with E-state index in [1.165, 1.54) is 4.88 Å². The molecule has 0 aliphatic rings. The van der Waals surface area contributed by atoms with E-state index in [-0.39, 0.29) is 5.91 Å². The highest BCUT2D eigenvalue weighted by molar-refractivity contribution is 7.20. The van der Waals surface area contributed by atoms with Crippen molar-refractivity contribution in [3.05, 3.63) is 28.6 Å². The molecule has 0 aliphatic carbocycles. The molecule has 0 saturated heterocycles. The second kappa shape index (κ2) is 7.52. The Bertz CT molecular complexity index is 536. The fraction of sp³-hybridized carbons (Fsp3) is 0.429. The van der Waals surface area contributed by atoms with Crippen LogP contribution in [0.2, 0.25) is 0 Å². The normalized spacial score (nSPS) is 11.1. The van der Waals surface area contributed by atoms with Crippen LogP contribution in [0.25, 0.3) is 9.88 Å². The van der Waals surface area contributed by atoms with Crippen LogP contribution in [0.4, 0.5) is 0 Å². The summed E-state index contributed by atoms with van der Waals surface area (Å²) in [5.41, 5.74) is 6.31. The standard InChI is InChI=1S/C14H19N3OS2/c1-2-3-6-17(9-13(15)18)8-11-10-20-14(16-11)12-5-4-7-19-12/h4-5,7,10H,2-3,6,8-9H2,1H3,(H2,15,18). The molecule has 0 atom stereocenters. The fourth-order valence-corrected chi connectivity index (χ4v) is 3.56. The molecule has 2 N–H and O–H groups in total. The van der Waals surface area contributed by atoms with Crippen molar-refractivity contribution in [2.75, 3.05) is 13.1 Å². The molecule has 0 aromatic carbocycles. The number of unbranched alkanes of at least 4 members (excludes halogenated alkanes) is 1. The largest absolute Gasteiger partial charge is 0.369 e. The quantitative estimate of drug-likeness (QED) is 0.815. The van der Waals surface area contributed by atoms with Crippen molar-refractivity contribution < 1.29 is 4.79 Å². The molecule has 0 spiro atoms. The average Bonchev–Trinajstić information content (AvgIpc) is 3.05. The highest BCUT2D eigenvalue weighted by Gasteiger charge is 2.12. The smallest absolute Gasteiger partial charge is 0.231 e. The zero-order valence-corrected chi connectivity index (χ0v) is 13.2. The molecule has 0 radical (unpaired) electrons. The molecule has 0 bridgehead atoms. The van der Waals surface area contributed by atoms with E-state index in [1.807, 2.05) is 6.07 Å². The number of aromatic nitrogens is 1. The summed E-state index contributed by atoms with van der Waals surface area (Å²) in [4.78, 5) is 19.0. The maximum atomic E-state index is 11.1. The number of nitrogens with two attached hydrogens (primary N) is 1. The van der Waals surface area contributed by atoms with Gasteiger partial charge in [0, 0.05) is 11.9 Å². The molecule has 6 heteroatoms. The van der Waals surface area contributed by atoms with Gasteiger partial charge in [0.2, 0.25) is 5.91 Å². The highest BCUT2D eigenvalue weighted by atomic mass is 32.1. The van der Waals surface area contributed by atoms with Crippen LogP contribution in [0, 0.1) is 0 Å². The Hall–Kier alpha value is -1.24. The van der Waals surface area contributed by atoms with Gasteiger partial charge in [-0.1, -0.05) is 19.4 Å². The van der Waals surface area contributed by atoms with Gasteiger partial charge in [0.15, 0.2) is 0 Å². The van der Waals surface area contributed by atoms with E-state index >= 15 is 0 Å². The molecule has 0 unspecified atom stereocenters. The maximum absolute atomic E-state index is 11.1. The molecule has 0 saturated carbocycles. The van der Waals surface area contributed by atoms with Crippen LogP contribution in [-0.2, 0) is 11.3 Å². The summed E-state index contributed by atoms with van der Waals surface area (Å²) >= 11 is 3.34.